The molecule has 0 heterocycles. The fraction of sp³-hybridized carbons (Fsp3) is 0.393. The number of phenols is 1. The molecule has 0 unspecified atom stereocenters. The molecule has 0 fully saturated rings. The van der Waals surface area contributed by atoms with Crippen molar-refractivity contribution in [3.8, 4) is 5.75 Å². The van der Waals surface area contributed by atoms with Gasteiger partial charge in [0, 0.05) is 33.8 Å². The Bertz CT molecular complexity index is 1000. The molecule has 0 aliphatic heterocycles. The van der Waals surface area contributed by atoms with Crippen LogP contribution in [0.2, 0.25) is 0 Å². The Morgan fingerprint density at radius 2 is 1.49 bits per heavy atom. The molecule has 5 nitrogen and oxygen atoms in total. The summed E-state index contributed by atoms with van der Waals surface area (Å²) < 4.78 is 0. The van der Waals surface area contributed by atoms with Crippen LogP contribution in [-0.2, 0) is 20.4 Å². The first-order chi connectivity index (χ1) is 16.2. The molecule has 0 atom stereocenters. The fourth-order valence-corrected chi connectivity index (χ4v) is 4.02. The van der Waals surface area contributed by atoms with Crippen LogP contribution in [0.3, 0.4) is 0 Å². The van der Waals surface area contributed by atoms with Gasteiger partial charge in [0.05, 0.1) is 6.54 Å². The summed E-state index contributed by atoms with van der Waals surface area (Å²) in [7, 11) is 0. The van der Waals surface area contributed by atoms with E-state index in [1.807, 2.05) is 18.2 Å². The second-order valence-corrected chi connectivity index (χ2v) is 11.6. The molecule has 35 heavy (non-hydrogen) atoms. The molecule has 2 N–H and O–H groups in total. The molecule has 0 saturated carbocycles. The largest absolute Gasteiger partial charge is 0.507 e. The number of nitrogens with one attached hydrogen (secondary N) is 1. The maximum absolute atomic E-state index is 12.2. The van der Waals surface area contributed by atoms with Gasteiger partial charge in [-0.1, -0.05) is 78.5 Å². The molecule has 2 aromatic rings. The molecule has 2 aromatic carbocycles. The highest BCUT2D eigenvalue weighted by Gasteiger charge is 2.26. The smallest absolute Gasteiger partial charge is 0.244 e. The quantitative estimate of drug-likeness (QED) is 0.183. The number of halogens is 1. The monoisotopic (exact) mass is 517 g/mol. The van der Waals surface area contributed by atoms with Crippen LogP contribution in [0.15, 0.2) is 60.0 Å². The number of allylic oxidation sites excluding steroid dienone is 1. The molecule has 7 heteroatoms. The predicted octanol–water partition coefficient (Wildman–Crippen LogP) is 6.41. The van der Waals surface area contributed by atoms with Crippen molar-refractivity contribution in [2.45, 2.75) is 63.7 Å². The second kappa shape index (κ2) is 13.5. The summed E-state index contributed by atoms with van der Waals surface area (Å²) in [5.74, 6) is 0.720. The number of ketones is 1. The fourth-order valence-electron chi connectivity index (χ4n) is 3.09. The molecule has 2 rings (SSSR count). The predicted molar refractivity (Wildman–Crippen MR) is 146 cm³/mol. The standard InChI is InChI=1S/C25H33NO3S.C3H3ClO/c1-24(2,3)19-14-18(15-20(23(19)29)25(4,5)6)30-13-12-22(28)26-16-21(27)17-10-8-7-9-11-17;1-2-3(4)5/h7-11,14-15,29H,12-13,16H2,1-6H3,(H,26,28);2H,1H2. The van der Waals surface area contributed by atoms with Crippen molar-refractivity contribution in [1.29, 1.82) is 0 Å². The highest BCUT2D eigenvalue weighted by Crippen LogP contribution is 2.41. The minimum absolute atomic E-state index is 0.00900. The summed E-state index contributed by atoms with van der Waals surface area (Å²) in [5.41, 5.74) is 2.05. The summed E-state index contributed by atoms with van der Waals surface area (Å²) in [6, 6.07) is 13.0. The average Bonchev–Trinajstić information content (AvgIpc) is 2.77. The van der Waals surface area contributed by atoms with Gasteiger partial charge in [0.1, 0.15) is 5.75 Å². The van der Waals surface area contributed by atoms with Gasteiger partial charge in [-0.3, -0.25) is 14.4 Å². The zero-order valence-corrected chi connectivity index (χ0v) is 23.0. The number of amides is 1. The number of Topliss-reactive ketones (excluding diaryl/α,β-unsaturated/α-hetero) is 1. The first kappa shape index (κ1) is 30.5. The molecule has 1 amide bonds. The lowest BCUT2D eigenvalue weighted by atomic mass is 9.79. The van der Waals surface area contributed by atoms with Crippen molar-refractivity contribution in [2.24, 2.45) is 0 Å². The number of carbonyl (C=O) groups excluding carboxylic acids is 3. The summed E-state index contributed by atoms with van der Waals surface area (Å²) in [4.78, 5) is 34.8. The molecule has 190 valence electrons. The van der Waals surface area contributed by atoms with E-state index >= 15 is 0 Å². The van der Waals surface area contributed by atoms with Crippen LogP contribution >= 0.6 is 23.4 Å². The van der Waals surface area contributed by atoms with Crippen LogP contribution < -0.4 is 5.32 Å². The normalized spacial score (nSPS) is 11.2. The highest BCUT2D eigenvalue weighted by atomic mass is 35.5. The van der Waals surface area contributed by atoms with Gasteiger partial charge in [0.2, 0.25) is 11.1 Å². The molecule has 0 aliphatic rings. The Balaban J connectivity index is 0.00000111. The molecule has 0 spiro atoms. The lowest BCUT2D eigenvalue weighted by Crippen LogP contribution is -2.29. The van der Waals surface area contributed by atoms with Crippen molar-refractivity contribution in [3.63, 3.8) is 0 Å². The third-order valence-electron chi connectivity index (χ3n) is 5.00. The van der Waals surface area contributed by atoms with Crippen LogP contribution in [0.1, 0.15) is 69.4 Å². The van der Waals surface area contributed by atoms with Gasteiger partial charge in [-0.15, -0.1) is 11.8 Å². The second-order valence-electron chi connectivity index (χ2n) is 10.0. The van der Waals surface area contributed by atoms with Gasteiger partial charge < -0.3 is 10.4 Å². The lowest BCUT2D eigenvalue weighted by Gasteiger charge is -2.28. The Hall–Kier alpha value is -2.57. The molecule has 0 aromatic heterocycles. The first-order valence-electron chi connectivity index (χ1n) is 11.3. The van der Waals surface area contributed by atoms with E-state index in [-0.39, 0.29) is 29.1 Å². The van der Waals surface area contributed by atoms with E-state index in [0.717, 1.165) is 22.1 Å². The molecular weight excluding hydrogens is 482 g/mol. The minimum Gasteiger partial charge on any atom is -0.507 e. The van der Waals surface area contributed by atoms with E-state index in [1.165, 1.54) is 0 Å². The number of hydrogen-bond acceptors (Lipinski definition) is 5. The number of thioether (sulfide) groups is 1. The Kier molecular flexibility index (Phi) is 11.7. The Morgan fingerprint density at radius 1 is 1.00 bits per heavy atom. The van der Waals surface area contributed by atoms with Gasteiger partial charge in [0.25, 0.3) is 0 Å². The number of aromatic hydroxyl groups is 1. The van der Waals surface area contributed by atoms with Gasteiger partial charge in [-0.05, 0) is 40.6 Å². The van der Waals surface area contributed by atoms with E-state index in [9.17, 15) is 19.5 Å². The summed E-state index contributed by atoms with van der Waals surface area (Å²) in [6.07, 6.45) is 1.37. The van der Waals surface area contributed by atoms with Gasteiger partial charge in [0.15, 0.2) is 5.78 Å². The maximum atomic E-state index is 12.2. The number of phenolic OH excluding ortho intramolecular Hbond substituents is 1. The topological polar surface area (TPSA) is 83.5 Å². The van der Waals surface area contributed by atoms with E-state index in [2.05, 4.69) is 53.4 Å². The number of rotatable bonds is 8. The van der Waals surface area contributed by atoms with Gasteiger partial charge >= 0.3 is 0 Å². The van der Waals surface area contributed by atoms with E-state index in [4.69, 9.17) is 11.6 Å². The van der Waals surface area contributed by atoms with E-state index in [1.54, 1.807) is 36.0 Å². The maximum Gasteiger partial charge on any atom is 0.244 e. The minimum atomic E-state index is -0.509. The SMILES string of the molecule is C=CC(=O)Cl.CC(C)(C)c1cc(SCCC(=O)NCC(=O)c2ccccc2)cc(C(C)(C)C)c1O. The highest BCUT2D eigenvalue weighted by molar-refractivity contribution is 7.99. The summed E-state index contributed by atoms with van der Waals surface area (Å²) in [5, 5.41) is 13.0. The van der Waals surface area contributed by atoms with Crippen molar-refractivity contribution >= 4 is 40.3 Å². The average molecular weight is 518 g/mol. The lowest BCUT2D eigenvalue weighted by molar-refractivity contribution is -0.120. The first-order valence-corrected chi connectivity index (χ1v) is 12.7. The number of carbonyl (C=O) groups is 3. The van der Waals surface area contributed by atoms with Crippen LogP contribution in [-0.4, -0.2) is 34.3 Å². The van der Waals surface area contributed by atoms with Crippen molar-refractivity contribution in [2.75, 3.05) is 12.3 Å². The van der Waals surface area contributed by atoms with Crippen LogP contribution in [0, 0.1) is 0 Å². The molecular formula is C28H36ClNO4S. The number of benzene rings is 2. The third kappa shape index (κ3) is 10.7. The van der Waals surface area contributed by atoms with Crippen molar-refractivity contribution in [3.05, 3.63) is 71.8 Å². The molecule has 0 bridgehead atoms. The molecule has 0 aliphatic carbocycles. The zero-order valence-electron chi connectivity index (χ0n) is 21.4. The van der Waals surface area contributed by atoms with Crippen molar-refractivity contribution in [1.82, 2.24) is 5.32 Å². The van der Waals surface area contributed by atoms with Gasteiger partial charge in [-0.25, -0.2) is 0 Å². The van der Waals surface area contributed by atoms with Crippen LogP contribution in [0.25, 0.3) is 0 Å². The zero-order chi connectivity index (χ0) is 26.8. The third-order valence-corrected chi connectivity index (χ3v) is 6.13. The Labute approximate surface area is 218 Å². The van der Waals surface area contributed by atoms with Crippen LogP contribution in [0.4, 0.5) is 0 Å². The van der Waals surface area contributed by atoms with E-state index in [0.29, 0.717) is 23.5 Å². The van der Waals surface area contributed by atoms with E-state index < -0.39 is 5.24 Å². The van der Waals surface area contributed by atoms with Crippen molar-refractivity contribution < 1.29 is 19.5 Å². The number of hydrogen-bond donors (Lipinski definition) is 2. The summed E-state index contributed by atoms with van der Waals surface area (Å²) >= 11 is 6.30. The summed E-state index contributed by atoms with van der Waals surface area (Å²) in [6.45, 7) is 15.6. The Morgan fingerprint density at radius 3 is 1.91 bits per heavy atom. The molecule has 0 saturated heterocycles. The van der Waals surface area contributed by atoms with Crippen LogP contribution in [0.5, 0.6) is 5.75 Å². The van der Waals surface area contributed by atoms with Gasteiger partial charge in [-0.2, -0.15) is 0 Å². The molecule has 0 radical (unpaired) electrons.